The van der Waals surface area contributed by atoms with Crippen LogP contribution < -0.4 is 4.90 Å². The van der Waals surface area contributed by atoms with Crippen molar-refractivity contribution in [3.8, 4) is 0 Å². The van der Waals surface area contributed by atoms with Crippen molar-refractivity contribution in [3.05, 3.63) is 41.5 Å². The number of fused-ring (bicyclic) bond motifs is 1. The Morgan fingerprint density at radius 3 is 2.63 bits per heavy atom. The van der Waals surface area contributed by atoms with Crippen LogP contribution in [0, 0.1) is 0 Å². The van der Waals surface area contributed by atoms with Gasteiger partial charge in [-0.15, -0.1) is 10.2 Å². The molecule has 3 heterocycles. The number of aromatic nitrogens is 3. The lowest BCUT2D eigenvalue weighted by Crippen LogP contribution is -2.39. The second-order valence-electron chi connectivity index (χ2n) is 7.97. The summed E-state index contributed by atoms with van der Waals surface area (Å²) in [7, 11) is 4.01. The summed E-state index contributed by atoms with van der Waals surface area (Å²) in [5, 5.41) is 8.98. The predicted octanol–water partition coefficient (Wildman–Crippen LogP) is 3.09. The van der Waals surface area contributed by atoms with E-state index in [2.05, 4.69) is 14.8 Å². The molecule has 1 atom stereocenters. The molecule has 1 fully saturated rings. The number of hydrogen-bond donors (Lipinski definition) is 0. The van der Waals surface area contributed by atoms with Gasteiger partial charge >= 0.3 is 0 Å². The molecule has 0 spiro atoms. The first-order chi connectivity index (χ1) is 13.1. The van der Waals surface area contributed by atoms with Gasteiger partial charge in [0.25, 0.3) is 5.91 Å². The number of hydrogen-bond acceptors (Lipinski definition) is 4. The molecule has 6 nitrogen and oxygen atoms in total. The molecule has 1 aromatic carbocycles. The molecule has 0 saturated carbocycles. The zero-order valence-corrected chi connectivity index (χ0v) is 16.4. The van der Waals surface area contributed by atoms with Gasteiger partial charge in [-0.05, 0) is 49.9 Å². The highest BCUT2D eigenvalue weighted by atomic mass is 16.2. The molecule has 1 aromatic heterocycles. The molecule has 0 bridgehead atoms. The third kappa shape index (κ3) is 3.70. The smallest absolute Gasteiger partial charge is 0.253 e. The van der Waals surface area contributed by atoms with Gasteiger partial charge in [0.15, 0.2) is 0 Å². The summed E-state index contributed by atoms with van der Waals surface area (Å²) in [5.74, 6) is 2.64. The fourth-order valence-corrected chi connectivity index (χ4v) is 4.27. The van der Waals surface area contributed by atoms with Gasteiger partial charge in [-0.25, -0.2) is 0 Å². The van der Waals surface area contributed by atoms with Crippen LogP contribution in [-0.4, -0.2) is 52.8 Å². The van der Waals surface area contributed by atoms with Crippen molar-refractivity contribution in [2.45, 2.75) is 51.0 Å². The largest absolute Gasteiger partial charge is 0.378 e. The van der Waals surface area contributed by atoms with Gasteiger partial charge in [-0.3, -0.25) is 4.79 Å². The van der Waals surface area contributed by atoms with Crippen molar-refractivity contribution in [1.29, 1.82) is 0 Å². The average molecular weight is 367 g/mol. The lowest BCUT2D eigenvalue weighted by Gasteiger charge is -2.32. The normalized spacial score (nSPS) is 20.1. The van der Waals surface area contributed by atoms with Crippen LogP contribution in [0.15, 0.2) is 24.3 Å². The van der Waals surface area contributed by atoms with Crippen molar-refractivity contribution in [3.63, 3.8) is 0 Å². The minimum atomic E-state index is 0.126. The summed E-state index contributed by atoms with van der Waals surface area (Å²) >= 11 is 0. The van der Waals surface area contributed by atoms with Gasteiger partial charge < -0.3 is 14.4 Å². The van der Waals surface area contributed by atoms with Gasteiger partial charge in [0.2, 0.25) is 0 Å². The Labute approximate surface area is 161 Å². The zero-order chi connectivity index (χ0) is 18.8. The van der Waals surface area contributed by atoms with E-state index < -0.39 is 0 Å². The summed E-state index contributed by atoms with van der Waals surface area (Å²) in [4.78, 5) is 17.1. The van der Waals surface area contributed by atoms with E-state index in [1.54, 1.807) is 0 Å². The van der Waals surface area contributed by atoms with E-state index in [1.807, 2.05) is 48.2 Å². The zero-order valence-electron chi connectivity index (χ0n) is 16.4. The van der Waals surface area contributed by atoms with Crippen molar-refractivity contribution in [2.75, 3.05) is 32.1 Å². The molecule has 0 N–H and O–H groups in total. The van der Waals surface area contributed by atoms with Crippen LogP contribution in [0.4, 0.5) is 5.69 Å². The lowest BCUT2D eigenvalue weighted by atomic mass is 9.96. The van der Waals surface area contributed by atoms with Gasteiger partial charge in [-0.2, -0.15) is 0 Å². The Hall–Kier alpha value is -2.37. The summed E-state index contributed by atoms with van der Waals surface area (Å²) in [6.07, 6.45) is 6.81. The standard InChI is InChI=1S/C21H29N5O/c1-24(2)18-11-9-16(10-12-18)21(27)25-13-6-7-17(15-25)20-23-22-19-8-4-3-5-14-26(19)20/h9-12,17H,3-8,13-15H2,1-2H3. The first-order valence-corrected chi connectivity index (χ1v) is 10.1. The number of benzene rings is 1. The third-order valence-electron chi connectivity index (χ3n) is 5.84. The van der Waals surface area contributed by atoms with Gasteiger partial charge in [0.05, 0.1) is 0 Å². The van der Waals surface area contributed by atoms with Crippen molar-refractivity contribution < 1.29 is 4.79 Å². The molecular formula is C21H29N5O. The number of aryl methyl sites for hydroxylation is 1. The topological polar surface area (TPSA) is 54.3 Å². The Morgan fingerprint density at radius 1 is 1.04 bits per heavy atom. The number of carbonyl (C=O) groups excluding carboxylic acids is 1. The van der Waals surface area contributed by atoms with E-state index in [4.69, 9.17) is 0 Å². The highest BCUT2D eigenvalue weighted by molar-refractivity contribution is 5.94. The Bertz CT molecular complexity index is 795. The van der Waals surface area contributed by atoms with E-state index in [1.165, 1.54) is 19.3 Å². The van der Waals surface area contributed by atoms with Crippen molar-refractivity contribution >= 4 is 11.6 Å². The maximum Gasteiger partial charge on any atom is 0.253 e. The molecule has 144 valence electrons. The number of nitrogens with zero attached hydrogens (tertiary/aromatic N) is 5. The highest BCUT2D eigenvalue weighted by Crippen LogP contribution is 2.29. The maximum absolute atomic E-state index is 13.0. The molecule has 0 aliphatic carbocycles. The minimum absolute atomic E-state index is 0.126. The van der Waals surface area contributed by atoms with Gasteiger partial charge in [0, 0.05) is 57.3 Å². The van der Waals surface area contributed by atoms with Crippen LogP contribution in [0.25, 0.3) is 0 Å². The fraction of sp³-hybridized carbons (Fsp3) is 0.571. The summed E-state index contributed by atoms with van der Waals surface area (Å²) in [6.45, 7) is 2.59. The Morgan fingerprint density at radius 2 is 1.85 bits per heavy atom. The Kier molecular flexibility index (Phi) is 5.14. The van der Waals surface area contributed by atoms with Gasteiger partial charge in [-0.1, -0.05) is 6.42 Å². The Balaban J connectivity index is 1.50. The van der Waals surface area contributed by atoms with E-state index >= 15 is 0 Å². The molecule has 6 heteroatoms. The molecule has 2 aliphatic rings. The SMILES string of the molecule is CN(C)c1ccc(C(=O)N2CCCC(c3nnc4n3CCCCC4)C2)cc1. The first-order valence-electron chi connectivity index (χ1n) is 10.1. The third-order valence-corrected chi connectivity index (χ3v) is 5.84. The van der Waals surface area contributed by atoms with Crippen LogP contribution in [0.2, 0.25) is 0 Å². The number of rotatable bonds is 3. The van der Waals surface area contributed by atoms with Crippen molar-refractivity contribution in [1.82, 2.24) is 19.7 Å². The summed E-state index contributed by atoms with van der Waals surface area (Å²) < 4.78 is 2.33. The maximum atomic E-state index is 13.0. The quantitative estimate of drug-likeness (QED) is 0.837. The fourth-order valence-electron chi connectivity index (χ4n) is 4.27. The first kappa shape index (κ1) is 18.0. The van der Waals surface area contributed by atoms with Crippen LogP contribution in [0.3, 0.4) is 0 Å². The number of piperidine rings is 1. The predicted molar refractivity (Wildman–Crippen MR) is 106 cm³/mol. The molecule has 0 radical (unpaired) electrons. The number of anilines is 1. The van der Waals surface area contributed by atoms with Crippen LogP contribution in [-0.2, 0) is 13.0 Å². The van der Waals surface area contributed by atoms with E-state index in [-0.39, 0.29) is 5.91 Å². The molecule has 1 amide bonds. The van der Waals surface area contributed by atoms with Gasteiger partial charge in [0.1, 0.15) is 11.6 Å². The molecule has 1 saturated heterocycles. The number of likely N-dealkylation sites (tertiary alicyclic amines) is 1. The average Bonchev–Trinajstić information content (AvgIpc) is 2.96. The molecular weight excluding hydrogens is 338 g/mol. The molecule has 27 heavy (non-hydrogen) atoms. The van der Waals surface area contributed by atoms with E-state index in [0.717, 1.165) is 61.8 Å². The van der Waals surface area contributed by atoms with E-state index in [0.29, 0.717) is 5.92 Å². The number of carbonyl (C=O) groups is 1. The number of amides is 1. The molecule has 2 aliphatic heterocycles. The molecule has 1 unspecified atom stereocenters. The highest BCUT2D eigenvalue weighted by Gasteiger charge is 2.29. The lowest BCUT2D eigenvalue weighted by molar-refractivity contribution is 0.0703. The van der Waals surface area contributed by atoms with E-state index in [9.17, 15) is 4.79 Å². The molecule has 4 rings (SSSR count). The summed E-state index contributed by atoms with van der Waals surface area (Å²) in [6, 6.07) is 7.88. The monoisotopic (exact) mass is 367 g/mol. The van der Waals surface area contributed by atoms with Crippen molar-refractivity contribution in [2.24, 2.45) is 0 Å². The van der Waals surface area contributed by atoms with Crippen LogP contribution >= 0.6 is 0 Å². The second kappa shape index (κ2) is 7.71. The second-order valence-corrected chi connectivity index (χ2v) is 7.97. The molecule has 2 aromatic rings. The minimum Gasteiger partial charge on any atom is -0.378 e. The van der Waals surface area contributed by atoms with Crippen LogP contribution in [0.5, 0.6) is 0 Å². The van der Waals surface area contributed by atoms with Crippen LogP contribution in [0.1, 0.15) is 60.0 Å². The summed E-state index contributed by atoms with van der Waals surface area (Å²) in [5.41, 5.74) is 1.87.